The van der Waals surface area contributed by atoms with Crippen LogP contribution in [0.25, 0.3) is 0 Å². The Morgan fingerprint density at radius 2 is 1.94 bits per heavy atom. The third kappa shape index (κ3) is 7.89. The first-order valence-corrected chi connectivity index (χ1v) is 6.08. The van der Waals surface area contributed by atoms with Crippen LogP contribution >= 0.6 is 0 Å². The van der Waals surface area contributed by atoms with Gasteiger partial charge in [0.15, 0.2) is 0 Å². The topological polar surface area (TPSA) is 87.7 Å². The maximum Gasteiger partial charge on any atom is 0.314 e. The molecule has 6 nitrogen and oxygen atoms in total. The molecule has 0 fully saturated rings. The van der Waals surface area contributed by atoms with Gasteiger partial charge in [-0.25, -0.2) is 4.79 Å². The SMILES string of the molecule is COC(C)(C)CNC(=O)NCCCC(C)C(=O)O. The van der Waals surface area contributed by atoms with Crippen LogP contribution in [-0.4, -0.2) is 42.9 Å². The summed E-state index contributed by atoms with van der Waals surface area (Å²) in [7, 11) is 1.59. The summed E-state index contributed by atoms with van der Waals surface area (Å²) in [4.78, 5) is 21.9. The van der Waals surface area contributed by atoms with E-state index in [1.807, 2.05) is 13.8 Å². The lowest BCUT2D eigenvalue weighted by Gasteiger charge is -2.23. The predicted octanol–water partition coefficient (Wildman–Crippen LogP) is 1.21. The Hall–Kier alpha value is -1.30. The molecule has 0 aromatic heterocycles. The summed E-state index contributed by atoms with van der Waals surface area (Å²) in [6, 6.07) is -0.261. The zero-order valence-electron chi connectivity index (χ0n) is 11.6. The van der Waals surface area contributed by atoms with E-state index in [-0.39, 0.29) is 11.9 Å². The minimum atomic E-state index is -0.804. The van der Waals surface area contributed by atoms with Gasteiger partial charge in [-0.05, 0) is 26.7 Å². The number of carboxylic acid groups (broad SMARTS) is 1. The van der Waals surface area contributed by atoms with Crippen LogP contribution in [0.2, 0.25) is 0 Å². The third-order valence-electron chi connectivity index (χ3n) is 2.75. The Morgan fingerprint density at radius 1 is 1.33 bits per heavy atom. The van der Waals surface area contributed by atoms with E-state index < -0.39 is 11.6 Å². The average Bonchev–Trinajstić information content (AvgIpc) is 2.31. The molecule has 0 aliphatic rings. The molecule has 0 bridgehead atoms. The third-order valence-corrected chi connectivity index (χ3v) is 2.75. The van der Waals surface area contributed by atoms with Gasteiger partial charge in [0.2, 0.25) is 0 Å². The van der Waals surface area contributed by atoms with E-state index >= 15 is 0 Å². The molecule has 0 aliphatic heterocycles. The van der Waals surface area contributed by atoms with E-state index in [1.165, 1.54) is 0 Å². The van der Waals surface area contributed by atoms with E-state index in [0.29, 0.717) is 25.9 Å². The lowest BCUT2D eigenvalue weighted by molar-refractivity contribution is -0.141. The summed E-state index contributed by atoms with van der Waals surface area (Å²) in [6.45, 7) is 6.30. The van der Waals surface area contributed by atoms with E-state index in [9.17, 15) is 9.59 Å². The van der Waals surface area contributed by atoms with Gasteiger partial charge >= 0.3 is 12.0 Å². The van der Waals surface area contributed by atoms with Gasteiger partial charge in [-0.3, -0.25) is 4.79 Å². The first-order chi connectivity index (χ1) is 8.28. The number of hydrogen-bond acceptors (Lipinski definition) is 3. The Morgan fingerprint density at radius 3 is 2.44 bits per heavy atom. The Labute approximate surface area is 108 Å². The second-order valence-electron chi connectivity index (χ2n) is 4.95. The standard InChI is InChI=1S/C12H24N2O4/c1-9(10(15)16)6-5-7-13-11(17)14-8-12(2,3)18-4/h9H,5-8H2,1-4H3,(H,15,16)(H2,13,14,17). The number of methoxy groups -OCH3 is 1. The summed E-state index contributed by atoms with van der Waals surface area (Å²) in [5, 5.41) is 14.0. The van der Waals surface area contributed by atoms with E-state index in [1.54, 1.807) is 14.0 Å². The number of urea groups is 1. The van der Waals surface area contributed by atoms with Gasteiger partial charge in [-0.15, -0.1) is 0 Å². The fourth-order valence-electron chi connectivity index (χ4n) is 1.16. The molecule has 0 rings (SSSR count). The number of rotatable bonds is 8. The Kier molecular flexibility index (Phi) is 7.35. The van der Waals surface area contributed by atoms with Crippen LogP contribution in [0, 0.1) is 5.92 Å². The van der Waals surface area contributed by atoms with E-state index in [4.69, 9.17) is 9.84 Å². The highest BCUT2D eigenvalue weighted by molar-refractivity contribution is 5.73. The number of carbonyl (C=O) groups is 2. The number of hydrogen-bond donors (Lipinski definition) is 3. The summed E-state index contributed by atoms with van der Waals surface area (Å²) in [5.41, 5.74) is -0.394. The molecule has 0 aliphatic carbocycles. The number of carboxylic acids is 1. The highest BCUT2D eigenvalue weighted by Crippen LogP contribution is 2.05. The summed E-state index contributed by atoms with van der Waals surface area (Å²) >= 11 is 0. The van der Waals surface area contributed by atoms with Crippen LogP contribution in [-0.2, 0) is 9.53 Å². The summed E-state index contributed by atoms with van der Waals surface area (Å²) in [5.74, 6) is -1.18. The highest BCUT2D eigenvalue weighted by atomic mass is 16.5. The zero-order valence-corrected chi connectivity index (χ0v) is 11.6. The molecular weight excluding hydrogens is 236 g/mol. The molecule has 2 amide bonds. The van der Waals surface area contributed by atoms with Crippen molar-refractivity contribution in [1.82, 2.24) is 10.6 Å². The molecule has 1 atom stereocenters. The highest BCUT2D eigenvalue weighted by Gasteiger charge is 2.17. The molecule has 6 heteroatoms. The van der Waals surface area contributed by atoms with Crippen molar-refractivity contribution in [2.45, 2.75) is 39.2 Å². The van der Waals surface area contributed by atoms with Crippen LogP contribution < -0.4 is 10.6 Å². The van der Waals surface area contributed by atoms with Crippen molar-refractivity contribution in [2.75, 3.05) is 20.2 Å². The van der Waals surface area contributed by atoms with Gasteiger partial charge in [-0.2, -0.15) is 0 Å². The minimum Gasteiger partial charge on any atom is -0.481 e. The molecular formula is C12H24N2O4. The van der Waals surface area contributed by atoms with Crippen molar-refractivity contribution in [3.63, 3.8) is 0 Å². The first kappa shape index (κ1) is 16.7. The maximum atomic E-state index is 11.4. The second kappa shape index (κ2) is 7.92. The molecule has 0 saturated heterocycles. The van der Waals surface area contributed by atoms with E-state index in [0.717, 1.165) is 0 Å². The summed E-state index contributed by atoms with van der Waals surface area (Å²) in [6.07, 6.45) is 1.20. The van der Waals surface area contributed by atoms with Crippen LogP contribution in [0.1, 0.15) is 33.6 Å². The van der Waals surface area contributed by atoms with Crippen molar-refractivity contribution in [2.24, 2.45) is 5.92 Å². The van der Waals surface area contributed by atoms with Gasteiger partial charge < -0.3 is 20.5 Å². The molecule has 0 aromatic rings. The quantitative estimate of drug-likeness (QED) is 0.572. The van der Waals surface area contributed by atoms with Crippen molar-refractivity contribution >= 4 is 12.0 Å². The van der Waals surface area contributed by atoms with Crippen LogP contribution in [0.5, 0.6) is 0 Å². The van der Waals surface area contributed by atoms with Gasteiger partial charge in [0.1, 0.15) is 0 Å². The van der Waals surface area contributed by atoms with Gasteiger partial charge in [0, 0.05) is 20.2 Å². The largest absolute Gasteiger partial charge is 0.481 e. The molecule has 1 unspecified atom stereocenters. The normalized spacial score (nSPS) is 12.9. The lowest BCUT2D eigenvalue weighted by atomic mass is 10.1. The van der Waals surface area contributed by atoms with Crippen LogP contribution in [0.3, 0.4) is 0 Å². The number of carbonyl (C=O) groups excluding carboxylic acids is 1. The average molecular weight is 260 g/mol. The number of amides is 2. The molecule has 0 heterocycles. The van der Waals surface area contributed by atoms with Gasteiger partial charge in [-0.1, -0.05) is 6.92 Å². The molecule has 0 aromatic carbocycles. The van der Waals surface area contributed by atoms with Crippen LogP contribution in [0.4, 0.5) is 4.79 Å². The molecule has 3 N–H and O–H groups in total. The molecule has 106 valence electrons. The van der Waals surface area contributed by atoms with Gasteiger partial charge in [0.25, 0.3) is 0 Å². The Bertz CT molecular complexity index is 279. The molecule has 0 saturated carbocycles. The van der Waals surface area contributed by atoms with Gasteiger partial charge in [0.05, 0.1) is 11.5 Å². The summed E-state index contributed by atoms with van der Waals surface area (Å²) < 4.78 is 5.16. The predicted molar refractivity (Wildman–Crippen MR) is 68.5 cm³/mol. The van der Waals surface area contributed by atoms with Crippen LogP contribution in [0.15, 0.2) is 0 Å². The smallest absolute Gasteiger partial charge is 0.314 e. The van der Waals surface area contributed by atoms with Crippen molar-refractivity contribution < 1.29 is 19.4 Å². The molecule has 18 heavy (non-hydrogen) atoms. The molecule has 0 spiro atoms. The lowest BCUT2D eigenvalue weighted by Crippen LogP contribution is -2.44. The van der Waals surface area contributed by atoms with Crippen molar-refractivity contribution in [3.8, 4) is 0 Å². The van der Waals surface area contributed by atoms with E-state index in [2.05, 4.69) is 10.6 Å². The molecule has 0 radical (unpaired) electrons. The fourth-order valence-corrected chi connectivity index (χ4v) is 1.16. The number of nitrogens with one attached hydrogen (secondary N) is 2. The number of ether oxygens (including phenoxy) is 1. The minimum absolute atomic E-state index is 0.261. The first-order valence-electron chi connectivity index (χ1n) is 6.08. The zero-order chi connectivity index (χ0) is 14.2. The maximum absolute atomic E-state index is 11.4. The Balaban J connectivity index is 3.63. The number of aliphatic carboxylic acids is 1. The van der Waals surface area contributed by atoms with Crippen molar-refractivity contribution in [3.05, 3.63) is 0 Å². The second-order valence-corrected chi connectivity index (χ2v) is 4.95. The fraction of sp³-hybridized carbons (Fsp3) is 0.833. The monoisotopic (exact) mass is 260 g/mol. The van der Waals surface area contributed by atoms with Crippen molar-refractivity contribution in [1.29, 1.82) is 0 Å².